The summed E-state index contributed by atoms with van der Waals surface area (Å²) in [6.45, 7) is 2.64. The quantitative estimate of drug-likeness (QED) is 0.605. The third kappa shape index (κ3) is 5.97. The average molecular weight is 266 g/mol. The Morgan fingerprint density at radius 2 is 2.22 bits per heavy atom. The lowest BCUT2D eigenvalue weighted by molar-refractivity contribution is 0.299. The number of hydrogen-bond donors (Lipinski definition) is 2. The standard InChI is InChI=1S/C14H18O3S/c1-12(11-16)18-9-8-17-14-6-2-4-13(10-14)5-3-7-15/h2,4,6,10,12,15-16H,7-9,11H2,1H3. The Morgan fingerprint density at radius 1 is 1.39 bits per heavy atom. The zero-order chi connectivity index (χ0) is 13.2. The molecule has 1 rings (SSSR count). The van der Waals surface area contributed by atoms with Crippen molar-refractivity contribution in [2.24, 2.45) is 0 Å². The van der Waals surface area contributed by atoms with Gasteiger partial charge in [-0.25, -0.2) is 0 Å². The third-order valence-electron chi connectivity index (χ3n) is 2.16. The summed E-state index contributed by atoms with van der Waals surface area (Å²) in [5, 5.41) is 17.7. The van der Waals surface area contributed by atoms with E-state index in [1.807, 2.05) is 31.2 Å². The molecule has 0 fully saturated rings. The molecule has 0 saturated carbocycles. The Morgan fingerprint density at radius 3 is 2.94 bits per heavy atom. The van der Waals surface area contributed by atoms with Crippen LogP contribution in [-0.4, -0.2) is 41.0 Å². The highest BCUT2D eigenvalue weighted by Gasteiger charge is 2.00. The summed E-state index contributed by atoms with van der Waals surface area (Å²) in [7, 11) is 0. The van der Waals surface area contributed by atoms with E-state index in [2.05, 4.69) is 11.8 Å². The molecular weight excluding hydrogens is 248 g/mol. The molecule has 18 heavy (non-hydrogen) atoms. The van der Waals surface area contributed by atoms with Crippen LogP contribution in [0.2, 0.25) is 0 Å². The molecule has 98 valence electrons. The number of hydrogen-bond acceptors (Lipinski definition) is 4. The maximum Gasteiger partial charge on any atom is 0.120 e. The van der Waals surface area contributed by atoms with Gasteiger partial charge in [-0.1, -0.05) is 24.8 Å². The van der Waals surface area contributed by atoms with Gasteiger partial charge >= 0.3 is 0 Å². The number of thioether (sulfide) groups is 1. The van der Waals surface area contributed by atoms with Crippen LogP contribution in [0.3, 0.4) is 0 Å². The van der Waals surface area contributed by atoms with Crippen LogP contribution in [-0.2, 0) is 0 Å². The first-order valence-electron chi connectivity index (χ1n) is 5.81. The van der Waals surface area contributed by atoms with Gasteiger partial charge in [-0.3, -0.25) is 0 Å². The van der Waals surface area contributed by atoms with Crippen LogP contribution in [0, 0.1) is 11.8 Å². The highest BCUT2D eigenvalue weighted by atomic mass is 32.2. The van der Waals surface area contributed by atoms with Gasteiger partial charge in [0.05, 0.1) is 13.2 Å². The molecular formula is C14H18O3S. The van der Waals surface area contributed by atoms with E-state index < -0.39 is 0 Å². The highest BCUT2D eigenvalue weighted by Crippen LogP contribution is 2.14. The lowest BCUT2D eigenvalue weighted by Gasteiger charge is -2.09. The molecule has 2 N–H and O–H groups in total. The van der Waals surface area contributed by atoms with Crippen LogP contribution in [0.15, 0.2) is 24.3 Å². The average Bonchev–Trinajstić information content (AvgIpc) is 2.41. The van der Waals surface area contributed by atoms with Crippen LogP contribution < -0.4 is 4.74 Å². The number of aliphatic hydroxyl groups excluding tert-OH is 2. The van der Waals surface area contributed by atoms with Crippen molar-refractivity contribution in [3.63, 3.8) is 0 Å². The van der Waals surface area contributed by atoms with Gasteiger partial charge in [0.2, 0.25) is 0 Å². The molecule has 1 aromatic rings. The van der Waals surface area contributed by atoms with Gasteiger partial charge in [0.25, 0.3) is 0 Å². The fourth-order valence-electron chi connectivity index (χ4n) is 1.27. The third-order valence-corrected chi connectivity index (χ3v) is 3.28. The second-order valence-electron chi connectivity index (χ2n) is 3.70. The van der Waals surface area contributed by atoms with Crippen LogP contribution in [0.4, 0.5) is 0 Å². The molecule has 0 aliphatic rings. The monoisotopic (exact) mass is 266 g/mol. The van der Waals surface area contributed by atoms with E-state index >= 15 is 0 Å². The van der Waals surface area contributed by atoms with Crippen molar-refractivity contribution >= 4 is 11.8 Å². The van der Waals surface area contributed by atoms with E-state index in [1.165, 1.54) is 0 Å². The maximum atomic E-state index is 8.87. The number of rotatable bonds is 6. The summed E-state index contributed by atoms with van der Waals surface area (Å²) in [4.78, 5) is 0. The first-order valence-corrected chi connectivity index (χ1v) is 6.86. The minimum absolute atomic E-state index is 0.138. The summed E-state index contributed by atoms with van der Waals surface area (Å²) < 4.78 is 5.59. The smallest absolute Gasteiger partial charge is 0.120 e. The molecule has 1 aromatic carbocycles. The molecule has 0 amide bonds. The normalized spacial score (nSPS) is 11.5. The van der Waals surface area contributed by atoms with E-state index in [1.54, 1.807) is 11.8 Å². The van der Waals surface area contributed by atoms with Gasteiger partial charge in [-0.05, 0) is 18.2 Å². The van der Waals surface area contributed by atoms with Crippen molar-refractivity contribution in [3.05, 3.63) is 29.8 Å². The van der Waals surface area contributed by atoms with E-state index in [4.69, 9.17) is 14.9 Å². The highest BCUT2D eigenvalue weighted by molar-refractivity contribution is 7.99. The molecule has 1 unspecified atom stereocenters. The van der Waals surface area contributed by atoms with Crippen molar-refractivity contribution in [2.45, 2.75) is 12.2 Å². The Kier molecular flexibility index (Phi) is 7.35. The number of ether oxygens (including phenoxy) is 1. The summed E-state index contributed by atoms with van der Waals surface area (Å²) in [5.41, 5.74) is 0.831. The molecule has 3 nitrogen and oxygen atoms in total. The first kappa shape index (κ1) is 14.9. The molecule has 0 spiro atoms. The first-order chi connectivity index (χ1) is 8.76. The second-order valence-corrected chi connectivity index (χ2v) is 5.25. The minimum Gasteiger partial charge on any atom is -0.493 e. The van der Waals surface area contributed by atoms with Crippen LogP contribution in [0.5, 0.6) is 5.75 Å². The number of benzene rings is 1. The lowest BCUT2D eigenvalue weighted by Crippen LogP contribution is -2.07. The number of aliphatic hydroxyl groups is 2. The van der Waals surface area contributed by atoms with Gasteiger partial charge in [0.15, 0.2) is 0 Å². The van der Waals surface area contributed by atoms with Gasteiger partial charge in [-0.15, -0.1) is 0 Å². The Bertz CT molecular complexity index is 409. The van der Waals surface area contributed by atoms with Gasteiger partial charge in [-0.2, -0.15) is 11.8 Å². The van der Waals surface area contributed by atoms with E-state index in [0.29, 0.717) is 6.61 Å². The zero-order valence-corrected chi connectivity index (χ0v) is 11.2. The SMILES string of the molecule is CC(CO)SCCOc1cccc(C#CCO)c1. The van der Waals surface area contributed by atoms with E-state index in [9.17, 15) is 0 Å². The predicted octanol–water partition coefficient (Wildman–Crippen LogP) is 1.52. The minimum atomic E-state index is -0.138. The second kappa shape index (κ2) is 8.87. The molecule has 0 aliphatic heterocycles. The van der Waals surface area contributed by atoms with Crippen molar-refractivity contribution in [3.8, 4) is 17.6 Å². The van der Waals surface area contributed by atoms with Crippen LogP contribution in [0.25, 0.3) is 0 Å². The summed E-state index contributed by atoms with van der Waals surface area (Å²) in [6, 6.07) is 7.48. The fraction of sp³-hybridized carbons (Fsp3) is 0.429. The molecule has 0 aliphatic carbocycles. The molecule has 4 heteroatoms. The van der Waals surface area contributed by atoms with Gasteiger partial charge in [0, 0.05) is 16.6 Å². The molecule has 0 saturated heterocycles. The van der Waals surface area contributed by atoms with Crippen molar-refractivity contribution < 1.29 is 14.9 Å². The maximum absolute atomic E-state index is 8.87. The van der Waals surface area contributed by atoms with Gasteiger partial charge in [0.1, 0.15) is 12.4 Å². The van der Waals surface area contributed by atoms with Crippen LogP contribution in [0.1, 0.15) is 12.5 Å². The topological polar surface area (TPSA) is 49.7 Å². The molecule has 0 bridgehead atoms. The Labute approximate surface area is 112 Å². The molecule has 0 heterocycles. The summed E-state index contributed by atoms with van der Waals surface area (Å²) >= 11 is 1.68. The van der Waals surface area contributed by atoms with Crippen LogP contribution >= 0.6 is 11.8 Å². The van der Waals surface area contributed by atoms with Crippen molar-refractivity contribution in [2.75, 3.05) is 25.6 Å². The van der Waals surface area contributed by atoms with E-state index in [0.717, 1.165) is 17.1 Å². The van der Waals surface area contributed by atoms with Crippen molar-refractivity contribution in [1.82, 2.24) is 0 Å². The molecule has 0 aromatic heterocycles. The largest absolute Gasteiger partial charge is 0.493 e. The molecule has 0 radical (unpaired) electrons. The summed E-state index contributed by atoms with van der Waals surface area (Å²) in [5.74, 6) is 7.05. The fourth-order valence-corrected chi connectivity index (χ4v) is 1.95. The summed E-state index contributed by atoms with van der Waals surface area (Å²) in [6.07, 6.45) is 0. The lowest BCUT2D eigenvalue weighted by atomic mass is 10.2. The zero-order valence-electron chi connectivity index (χ0n) is 10.4. The van der Waals surface area contributed by atoms with Gasteiger partial charge < -0.3 is 14.9 Å². The Balaban J connectivity index is 2.38. The molecule has 1 atom stereocenters. The Hall–Kier alpha value is -1.15. The predicted molar refractivity (Wildman–Crippen MR) is 74.9 cm³/mol. The van der Waals surface area contributed by atoms with Crippen molar-refractivity contribution in [1.29, 1.82) is 0 Å². The van der Waals surface area contributed by atoms with E-state index in [-0.39, 0.29) is 18.5 Å².